The van der Waals surface area contributed by atoms with Crippen molar-refractivity contribution < 1.29 is 23.1 Å². The van der Waals surface area contributed by atoms with Gasteiger partial charge in [-0.15, -0.1) is 11.3 Å². The first kappa shape index (κ1) is 27.3. The van der Waals surface area contributed by atoms with Crippen LogP contribution in [0.2, 0.25) is 0 Å². The van der Waals surface area contributed by atoms with Crippen molar-refractivity contribution in [2.75, 3.05) is 11.6 Å². The molecular formula is C35H30F3N3O3S. The van der Waals surface area contributed by atoms with Crippen molar-refractivity contribution >= 4 is 17.2 Å². The smallest absolute Gasteiger partial charge is 0.280 e. The number of rotatable bonds is 1. The highest BCUT2D eigenvalue weighted by atomic mass is 32.1. The molecule has 0 radical (unpaired) electrons. The lowest BCUT2D eigenvalue weighted by Crippen LogP contribution is -2.66. The molecule has 2 aromatic heterocycles. The molecule has 45 heavy (non-hydrogen) atoms. The molecule has 4 aromatic rings. The molecule has 4 heterocycles. The summed E-state index contributed by atoms with van der Waals surface area (Å²) in [6.45, 7) is 0.452. The predicted molar refractivity (Wildman–Crippen MR) is 165 cm³/mol. The molecule has 6 nitrogen and oxygen atoms in total. The third kappa shape index (κ3) is 3.63. The molecule has 3 aliphatic carbocycles. The molecule has 1 saturated carbocycles. The lowest BCUT2D eigenvalue weighted by molar-refractivity contribution is -0.00828. The van der Waals surface area contributed by atoms with Crippen molar-refractivity contribution in [2.24, 2.45) is 5.41 Å². The first-order valence-corrected chi connectivity index (χ1v) is 16.5. The molecule has 0 bridgehead atoms. The Morgan fingerprint density at radius 2 is 1.73 bits per heavy atom. The molecule has 0 unspecified atom stereocenters. The fourth-order valence-electron chi connectivity index (χ4n) is 8.99. The number of pyridine rings is 1. The van der Waals surface area contributed by atoms with Crippen LogP contribution in [0.3, 0.4) is 0 Å². The van der Waals surface area contributed by atoms with E-state index in [9.17, 15) is 14.7 Å². The summed E-state index contributed by atoms with van der Waals surface area (Å²) in [6, 6.07) is 11.0. The van der Waals surface area contributed by atoms with E-state index in [4.69, 9.17) is 0 Å². The fraction of sp³-hybridized carbons (Fsp3) is 0.371. The van der Waals surface area contributed by atoms with Crippen molar-refractivity contribution in [1.29, 1.82) is 0 Å². The van der Waals surface area contributed by atoms with Gasteiger partial charge in [-0.05, 0) is 64.8 Å². The van der Waals surface area contributed by atoms with Gasteiger partial charge in [0.2, 0.25) is 5.43 Å². The Balaban J connectivity index is 1.37. The van der Waals surface area contributed by atoms with E-state index in [0.29, 0.717) is 29.7 Å². The molecular weight excluding hydrogens is 599 g/mol. The lowest BCUT2D eigenvalue weighted by atomic mass is 9.67. The van der Waals surface area contributed by atoms with Gasteiger partial charge in [0.1, 0.15) is 12.0 Å². The number of aromatic nitrogens is 1. The van der Waals surface area contributed by atoms with E-state index in [-0.39, 0.29) is 16.7 Å². The van der Waals surface area contributed by atoms with Crippen LogP contribution in [0.15, 0.2) is 58.8 Å². The summed E-state index contributed by atoms with van der Waals surface area (Å²) in [5.74, 6) is -5.42. The quantitative estimate of drug-likeness (QED) is 0.240. The molecule has 2 aromatic carbocycles. The highest BCUT2D eigenvalue weighted by molar-refractivity contribution is 7.14. The maximum atomic E-state index is 15.9. The van der Waals surface area contributed by atoms with Crippen molar-refractivity contribution in [3.8, 4) is 27.3 Å². The third-order valence-corrected chi connectivity index (χ3v) is 12.0. The molecule has 2 fully saturated rings. The summed E-state index contributed by atoms with van der Waals surface area (Å²) in [7, 11) is 0. The molecule has 1 spiro atoms. The van der Waals surface area contributed by atoms with Gasteiger partial charge < -0.3 is 10.0 Å². The zero-order valence-corrected chi connectivity index (χ0v) is 25.2. The van der Waals surface area contributed by atoms with Gasteiger partial charge in [-0.25, -0.2) is 13.2 Å². The number of benzene rings is 2. The number of carbonyl (C=O) groups is 1. The summed E-state index contributed by atoms with van der Waals surface area (Å²) in [4.78, 5) is 29.4. The van der Waals surface area contributed by atoms with Crippen LogP contribution in [0.1, 0.15) is 83.7 Å². The Hall–Kier alpha value is -4.05. The van der Waals surface area contributed by atoms with E-state index >= 15 is 13.2 Å². The molecule has 5 aliphatic rings. The number of aromatic hydroxyl groups is 1. The van der Waals surface area contributed by atoms with E-state index in [0.717, 1.165) is 54.2 Å². The normalized spacial score (nSPS) is 23.6. The number of hydrogen-bond acceptors (Lipinski definition) is 5. The molecule has 230 valence electrons. The van der Waals surface area contributed by atoms with Crippen LogP contribution < -0.4 is 10.4 Å². The minimum Gasteiger partial charge on any atom is -0.502 e. The first-order chi connectivity index (χ1) is 21.7. The van der Waals surface area contributed by atoms with Crippen molar-refractivity contribution in [2.45, 2.75) is 69.5 Å². The van der Waals surface area contributed by atoms with E-state index in [1.165, 1.54) is 30.0 Å². The fourth-order valence-corrected chi connectivity index (χ4v) is 10.1. The second kappa shape index (κ2) is 9.25. The molecule has 9 rings (SSSR count). The largest absolute Gasteiger partial charge is 0.502 e. The van der Waals surface area contributed by atoms with Gasteiger partial charge in [0.05, 0.1) is 11.6 Å². The minimum absolute atomic E-state index is 0.0157. The standard InChI is InChI=1S/C35H30F3N3O3S/c36-23-9-8-22-27-26-19(16-35(37,38)28(23)27)18-45-32(26)21-7-3-2-6-20(21)29(22)41-25-17-34(11-4-1-5-12-34)13-15-39(25)33(44)30-31(43)24(42)10-14-40(30)41/h2-3,6-10,14,18,25,29,43H,1,4-5,11-13,15-17H2/t25-,29-/m1/s1. The average Bonchev–Trinajstić information content (AvgIpc) is 3.39. The summed E-state index contributed by atoms with van der Waals surface area (Å²) >= 11 is 1.39. The van der Waals surface area contributed by atoms with Crippen LogP contribution in [0.25, 0.3) is 21.6 Å². The number of hydrogen-bond donors (Lipinski definition) is 1. The van der Waals surface area contributed by atoms with Crippen molar-refractivity contribution in [3.63, 3.8) is 0 Å². The zero-order valence-electron chi connectivity index (χ0n) is 24.4. The van der Waals surface area contributed by atoms with Crippen LogP contribution in [0, 0.1) is 11.2 Å². The Labute approximate surface area is 261 Å². The van der Waals surface area contributed by atoms with E-state index in [1.54, 1.807) is 21.0 Å². The SMILES string of the molecule is O=C1c2c(O)c(=O)ccn2N([C@@H]2c3ccccc3-c3scc4c3-c3c2ccc(F)c3C(F)(F)C4)[C@@H]2CC3(CCCCC3)CCN12. The van der Waals surface area contributed by atoms with Gasteiger partial charge in [0.25, 0.3) is 11.8 Å². The maximum Gasteiger partial charge on any atom is 0.280 e. The van der Waals surface area contributed by atoms with Crippen molar-refractivity contribution in [3.05, 3.63) is 98.0 Å². The second-order valence-electron chi connectivity index (χ2n) is 13.3. The van der Waals surface area contributed by atoms with E-state index in [1.807, 2.05) is 29.3 Å². The van der Waals surface area contributed by atoms with E-state index in [2.05, 4.69) is 0 Å². The van der Waals surface area contributed by atoms with Gasteiger partial charge in [0, 0.05) is 41.2 Å². The van der Waals surface area contributed by atoms with Crippen LogP contribution in [-0.4, -0.2) is 33.3 Å². The average molecular weight is 630 g/mol. The molecule has 2 atom stereocenters. The number of piperidine rings is 1. The van der Waals surface area contributed by atoms with Crippen LogP contribution in [-0.2, 0) is 12.3 Å². The zero-order chi connectivity index (χ0) is 30.8. The molecule has 1 saturated heterocycles. The van der Waals surface area contributed by atoms with Gasteiger partial charge in [-0.3, -0.25) is 19.3 Å². The topological polar surface area (TPSA) is 65.8 Å². The molecule has 10 heteroatoms. The number of amides is 1. The summed E-state index contributed by atoms with van der Waals surface area (Å²) < 4.78 is 49.0. The Bertz CT molecular complexity index is 2000. The van der Waals surface area contributed by atoms with Gasteiger partial charge >= 0.3 is 0 Å². The Kier molecular flexibility index (Phi) is 5.61. The number of thiophene rings is 1. The summed E-state index contributed by atoms with van der Waals surface area (Å²) in [6.07, 6.45) is 7.41. The number of carbonyl (C=O) groups excluding carboxylic acids is 1. The Morgan fingerprint density at radius 1 is 0.933 bits per heavy atom. The van der Waals surface area contributed by atoms with Gasteiger partial charge in [0.15, 0.2) is 11.4 Å². The summed E-state index contributed by atoms with van der Waals surface area (Å²) in [5, 5.41) is 14.8. The maximum absolute atomic E-state index is 15.9. The minimum atomic E-state index is -3.41. The molecule has 1 N–H and O–H groups in total. The van der Waals surface area contributed by atoms with Crippen molar-refractivity contribution in [1.82, 2.24) is 9.58 Å². The molecule has 1 amide bonds. The van der Waals surface area contributed by atoms with Crippen LogP contribution >= 0.6 is 11.3 Å². The van der Waals surface area contributed by atoms with Crippen LogP contribution in [0.5, 0.6) is 5.75 Å². The number of halogens is 3. The molecule has 2 aliphatic heterocycles. The number of alkyl halides is 2. The predicted octanol–water partition coefficient (Wildman–Crippen LogP) is 7.30. The number of fused-ring (bicyclic) bond motifs is 4. The summed E-state index contributed by atoms with van der Waals surface area (Å²) in [5.41, 5.74) is 2.16. The first-order valence-electron chi connectivity index (χ1n) is 15.6. The van der Waals surface area contributed by atoms with Gasteiger partial charge in [-0.1, -0.05) is 49.6 Å². The van der Waals surface area contributed by atoms with Gasteiger partial charge in [-0.2, -0.15) is 0 Å². The van der Waals surface area contributed by atoms with E-state index < -0.39 is 53.0 Å². The Morgan fingerprint density at radius 3 is 2.56 bits per heavy atom. The third-order valence-electron chi connectivity index (χ3n) is 11.0. The number of nitrogens with zero attached hydrogens (tertiary/aromatic N) is 3. The van der Waals surface area contributed by atoms with Crippen LogP contribution in [0.4, 0.5) is 13.2 Å². The monoisotopic (exact) mass is 629 g/mol. The second-order valence-corrected chi connectivity index (χ2v) is 14.2. The lowest BCUT2D eigenvalue weighted by Gasteiger charge is -2.56. The highest BCUT2D eigenvalue weighted by Crippen LogP contribution is 2.59. The highest BCUT2D eigenvalue weighted by Gasteiger charge is 2.53.